The molecular formula is C20H17Br4O2PSi. The molecule has 0 unspecified atom stereocenters. The third-order valence-corrected chi connectivity index (χ3v) is 16.7. The van der Waals surface area contributed by atoms with E-state index in [0.717, 1.165) is 19.6 Å². The summed E-state index contributed by atoms with van der Waals surface area (Å²) in [5, 5.41) is 24.9. The Morgan fingerprint density at radius 2 is 1.14 bits per heavy atom. The highest BCUT2D eigenvalue weighted by molar-refractivity contribution is 9.11. The number of aromatic hydroxyl groups is 2. The SMILES string of the molecule is C[Si](C)(c1ccccc1)P(c1cc(Br)cc(Br)c1O)c1cc(Br)cc(Br)c1O. The van der Waals surface area contributed by atoms with Gasteiger partial charge in [0.2, 0.25) is 0 Å². The van der Waals surface area contributed by atoms with Gasteiger partial charge >= 0.3 is 0 Å². The molecule has 0 bridgehead atoms. The molecular weight excluding hydrogens is 651 g/mol. The molecule has 0 saturated carbocycles. The third-order valence-electron chi connectivity index (χ3n) is 4.54. The zero-order chi connectivity index (χ0) is 20.6. The minimum absolute atomic E-state index is 0.223. The van der Waals surface area contributed by atoms with Gasteiger partial charge < -0.3 is 10.2 Å². The van der Waals surface area contributed by atoms with Crippen molar-refractivity contribution in [1.29, 1.82) is 0 Å². The monoisotopic (exact) mass is 664 g/mol. The van der Waals surface area contributed by atoms with Crippen LogP contribution in [0.1, 0.15) is 0 Å². The molecule has 0 aliphatic carbocycles. The highest BCUT2D eigenvalue weighted by atomic mass is 79.9. The quantitative estimate of drug-likeness (QED) is 0.241. The topological polar surface area (TPSA) is 40.5 Å². The van der Waals surface area contributed by atoms with Gasteiger partial charge in [-0.2, -0.15) is 0 Å². The summed E-state index contributed by atoms with van der Waals surface area (Å²) < 4.78 is 3.03. The smallest absolute Gasteiger partial charge is 0.137 e. The summed E-state index contributed by atoms with van der Waals surface area (Å²) >= 11 is 14.1. The summed E-state index contributed by atoms with van der Waals surface area (Å²) in [7, 11) is -3.24. The van der Waals surface area contributed by atoms with Crippen LogP contribution in [0, 0.1) is 0 Å². The Morgan fingerprint density at radius 1 is 0.714 bits per heavy atom. The van der Waals surface area contributed by atoms with E-state index in [-0.39, 0.29) is 11.5 Å². The van der Waals surface area contributed by atoms with E-state index >= 15 is 0 Å². The summed E-state index contributed by atoms with van der Waals surface area (Å²) in [5.74, 6) is 0.447. The van der Waals surface area contributed by atoms with Gasteiger partial charge in [0.1, 0.15) is 19.2 Å². The number of rotatable bonds is 4. The van der Waals surface area contributed by atoms with Gasteiger partial charge in [0.25, 0.3) is 0 Å². The Hall–Kier alpha value is -0.173. The summed E-state index contributed by atoms with van der Waals surface area (Å²) in [6.07, 6.45) is 0. The van der Waals surface area contributed by atoms with Crippen LogP contribution >= 0.6 is 71.2 Å². The van der Waals surface area contributed by atoms with E-state index in [1.54, 1.807) is 0 Å². The van der Waals surface area contributed by atoms with Crippen molar-refractivity contribution < 1.29 is 10.2 Å². The Morgan fingerprint density at radius 3 is 1.57 bits per heavy atom. The van der Waals surface area contributed by atoms with E-state index in [2.05, 4.69) is 88.9 Å². The zero-order valence-electron chi connectivity index (χ0n) is 15.0. The molecule has 0 heterocycles. The lowest BCUT2D eigenvalue weighted by Crippen LogP contribution is -2.45. The van der Waals surface area contributed by atoms with E-state index in [1.807, 2.05) is 42.5 Å². The van der Waals surface area contributed by atoms with Gasteiger partial charge in [0.05, 0.1) is 8.95 Å². The van der Waals surface area contributed by atoms with Crippen LogP contribution in [0.4, 0.5) is 0 Å². The van der Waals surface area contributed by atoms with Gasteiger partial charge in [-0.25, -0.2) is 0 Å². The van der Waals surface area contributed by atoms with Crippen molar-refractivity contribution in [2.75, 3.05) is 0 Å². The van der Waals surface area contributed by atoms with Crippen LogP contribution < -0.4 is 15.8 Å². The zero-order valence-corrected chi connectivity index (χ0v) is 23.3. The van der Waals surface area contributed by atoms with Gasteiger partial charge in [0.15, 0.2) is 0 Å². The summed E-state index contributed by atoms with van der Waals surface area (Å²) in [6.45, 7) is 4.58. The maximum Gasteiger partial charge on any atom is 0.137 e. The largest absolute Gasteiger partial charge is 0.506 e. The summed E-state index contributed by atoms with van der Waals surface area (Å²) in [6, 6.07) is 18.0. The first-order valence-corrected chi connectivity index (χ1v) is 16.7. The molecule has 3 rings (SSSR count). The van der Waals surface area contributed by atoms with Crippen molar-refractivity contribution in [2.24, 2.45) is 0 Å². The second-order valence-electron chi connectivity index (χ2n) is 6.77. The minimum atomic E-state index is -2.18. The van der Waals surface area contributed by atoms with Crippen LogP contribution in [-0.2, 0) is 0 Å². The fourth-order valence-corrected chi connectivity index (χ4v) is 16.1. The maximum atomic E-state index is 11.0. The fourth-order valence-electron chi connectivity index (χ4n) is 3.15. The molecule has 3 aromatic carbocycles. The van der Waals surface area contributed by atoms with E-state index < -0.39 is 15.2 Å². The van der Waals surface area contributed by atoms with Crippen molar-refractivity contribution in [3.8, 4) is 11.5 Å². The Balaban J connectivity index is 2.37. The van der Waals surface area contributed by atoms with Crippen molar-refractivity contribution in [3.63, 3.8) is 0 Å². The van der Waals surface area contributed by atoms with Crippen LogP contribution in [0.5, 0.6) is 11.5 Å². The van der Waals surface area contributed by atoms with Gasteiger partial charge in [-0.3, -0.25) is 0 Å². The number of hydrogen-bond acceptors (Lipinski definition) is 2. The van der Waals surface area contributed by atoms with Gasteiger partial charge in [0, 0.05) is 19.6 Å². The van der Waals surface area contributed by atoms with Gasteiger partial charge in [-0.15, -0.1) is 0 Å². The van der Waals surface area contributed by atoms with Crippen LogP contribution in [0.15, 0.2) is 72.5 Å². The maximum absolute atomic E-state index is 11.0. The van der Waals surface area contributed by atoms with Crippen LogP contribution in [-0.4, -0.2) is 18.0 Å². The van der Waals surface area contributed by atoms with Crippen molar-refractivity contribution >= 4 is 94.7 Å². The molecule has 0 aliphatic rings. The van der Waals surface area contributed by atoms with Gasteiger partial charge in [-0.05, 0) is 63.6 Å². The molecule has 8 heteroatoms. The lowest BCUT2D eigenvalue weighted by Gasteiger charge is -2.35. The molecule has 146 valence electrons. The number of phenols is 2. The normalized spacial score (nSPS) is 11.8. The molecule has 28 heavy (non-hydrogen) atoms. The molecule has 0 amide bonds. The molecule has 2 nitrogen and oxygen atoms in total. The third kappa shape index (κ3) is 4.45. The first kappa shape index (κ1) is 22.5. The molecule has 0 saturated heterocycles. The first-order chi connectivity index (χ1) is 13.1. The number of benzene rings is 3. The molecule has 0 aliphatic heterocycles. The first-order valence-electron chi connectivity index (χ1n) is 8.34. The fraction of sp³-hybridized carbons (Fsp3) is 0.100. The number of hydrogen-bond donors (Lipinski definition) is 2. The average Bonchev–Trinajstić information content (AvgIpc) is 2.63. The molecule has 2 N–H and O–H groups in total. The molecule has 3 aromatic rings. The van der Waals surface area contributed by atoms with Crippen LogP contribution in [0.25, 0.3) is 0 Å². The molecule has 0 radical (unpaired) electrons. The van der Waals surface area contributed by atoms with E-state index in [1.165, 1.54) is 5.19 Å². The Bertz CT molecular complexity index is 971. The van der Waals surface area contributed by atoms with Crippen molar-refractivity contribution in [2.45, 2.75) is 13.1 Å². The standard InChI is InChI=1S/C20H17Br4O2PSi/c1-28(2,14-6-4-3-5-7-14)27(17-10-12(21)8-15(23)19(17)25)18-11-13(22)9-16(24)20(18)26/h3-11,25-26H,1-2H3. The van der Waals surface area contributed by atoms with E-state index in [9.17, 15) is 10.2 Å². The molecule has 0 fully saturated rings. The average molecular weight is 668 g/mol. The highest BCUT2D eigenvalue weighted by Crippen LogP contribution is 2.51. The summed E-state index contributed by atoms with van der Waals surface area (Å²) in [5.41, 5.74) is 0. The molecule has 0 aromatic heterocycles. The minimum Gasteiger partial charge on any atom is -0.506 e. The molecule has 0 spiro atoms. The predicted octanol–water partition coefficient (Wildman–Crippen LogP) is 6.69. The van der Waals surface area contributed by atoms with Crippen molar-refractivity contribution in [3.05, 3.63) is 72.5 Å². The van der Waals surface area contributed by atoms with Gasteiger partial charge in [-0.1, -0.05) is 80.5 Å². The lowest BCUT2D eigenvalue weighted by molar-refractivity contribution is 0.475. The van der Waals surface area contributed by atoms with E-state index in [0.29, 0.717) is 8.95 Å². The molecule has 0 atom stereocenters. The summed E-state index contributed by atoms with van der Waals surface area (Å²) in [4.78, 5) is 0. The highest BCUT2D eigenvalue weighted by Gasteiger charge is 2.39. The second kappa shape index (κ2) is 8.91. The van der Waals surface area contributed by atoms with Crippen LogP contribution in [0.2, 0.25) is 13.1 Å². The number of halogens is 4. The number of phenolic OH excluding ortho intramolecular Hbond substituents is 2. The van der Waals surface area contributed by atoms with E-state index in [4.69, 9.17) is 0 Å². The van der Waals surface area contributed by atoms with Crippen molar-refractivity contribution in [1.82, 2.24) is 0 Å². The van der Waals surface area contributed by atoms with Crippen LogP contribution in [0.3, 0.4) is 0 Å². The second-order valence-corrected chi connectivity index (χ2v) is 20.3. The predicted molar refractivity (Wildman–Crippen MR) is 137 cm³/mol. The Labute approximate surface area is 200 Å². The lowest BCUT2D eigenvalue weighted by atomic mass is 10.3. The Kier molecular flexibility index (Phi) is 7.16.